The maximum absolute atomic E-state index is 14.3. The van der Waals surface area contributed by atoms with Crippen LogP contribution >= 0.6 is 0 Å². The number of nitrogens with one attached hydrogen (secondary N) is 2. The number of phenolic OH excluding ortho intramolecular Hbond substituents is 1. The number of methoxy groups -OCH3 is 1. The van der Waals surface area contributed by atoms with Gasteiger partial charge in [-0.15, -0.1) is 0 Å². The van der Waals surface area contributed by atoms with Crippen LogP contribution in [-0.2, 0) is 11.3 Å². The molecule has 2 aromatic carbocycles. The maximum atomic E-state index is 14.3. The fourth-order valence-electron chi connectivity index (χ4n) is 3.06. The Morgan fingerprint density at radius 2 is 2.10 bits per heavy atom. The van der Waals surface area contributed by atoms with Gasteiger partial charge in [0.1, 0.15) is 22.8 Å². The molecule has 2 heterocycles. The Kier molecular flexibility index (Phi) is 4.88. The van der Waals surface area contributed by atoms with E-state index < -0.39 is 11.5 Å². The molecule has 1 radical (unpaired) electrons. The molecule has 0 saturated heterocycles. The first-order valence-corrected chi connectivity index (χ1v) is 8.75. The van der Waals surface area contributed by atoms with Crippen molar-refractivity contribution >= 4 is 23.4 Å². The van der Waals surface area contributed by atoms with Crippen LogP contribution in [0.2, 0.25) is 0 Å². The highest BCUT2D eigenvalue weighted by molar-refractivity contribution is 5.90. The minimum absolute atomic E-state index is 0.00225. The van der Waals surface area contributed by atoms with Crippen molar-refractivity contribution in [1.82, 2.24) is 19.5 Å². The number of nitrogens with zero attached hydrogens (tertiary/aromatic N) is 3. The number of aromatic hydroxyl groups is 1. The summed E-state index contributed by atoms with van der Waals surface area (Å²) in [7, 11) is 1.46. The minimum atomic E-state index is -0.566. The number of ether oxygens (including phenoxy) is 1. The first kappa shape index (κ1) is 19.1. The van der Waals surface area contributed by atoms with Crippen LogP contribution in [0.25, 0.3) is 22.6 Å². The summed E-state index contributed by atoms with van der Waals surface area (Å²) >= 11 is 0. The van der Waals surface area contributed by atoms with Gasteiger partial charge in [0.25, 0.3) is 0 Å². The summed E-state index contributed by atoms with van der Waals surface area (Å²) in [6.07, 6.45) is 1.52. The van der Waals surface area contributed by atoms with E-state index in [1.54, 1.807) is 12.1 Å². The van der Waals surface area contributed by atoms with Crippen LogP contribution in [-0.4, -0.2) is 38.1 Å². The number of imidazole rings is 1. The standard InChI is InChI=1S/C20H15FN5O4/c1-30-14-5-6-15(21)12(8-14)9-26-19-16(23-20(26)29)18(22-10-27)24-17(25-19)11-3-2-4-13(28)7-11/h2-8,28H,9H2,1H3,(H,23,29)(H,22,24,25,27). The molecule has 2 aromatic heterocycles. The van der Waals surface area contributed by atoms with Gasteiger partial charge in [-0.1, -0.05) is 12.1 Å². The van der Waals surface area contributed by atoms with Gasteiger partial charge in [-0.3, -0.25) is 9.36 Å². The van der Waals surface area contributed by atoms with Crippen LogP contribution in [0.4, 0.5) is 10.2 Å². The van der Waals surface area contributed by atoms with Gasteiger partial charge >= 0.3 is 12.1 Å². The third-order valence-corrected chi connectivity index (χ3v) is 4.48. The molecule has 4 aromatic rings. The summed E-state index contributed by atoms with van der Waals surface area (Å²) < 4.78 is 20.7. The molecule has 0 fully saturated rings. The molecule has 0 aliphatic heterocycles. The van der Waals surface area contributed by atoms with Crippen LogP contribution in [0.3, 0.4) is 0 Å². The number of H-pyrrole nitrogens is 1. The molecule has 0 aliphatic carbocycles. The van der Waals surface area contributed by atoms with Gasteiger partial charge in [-0.05, 0) is 30.3 Å². The molecule has 0 spiro atoms. The number of halogens is 1. The summed E-state index contributed by atoms with van der Waals surface area (Å²) in [4.78, 5) is 34.7. The lowest BCUT2D eigenvalue weighted by molar-refractivity contribution is 0.412. The zero-order valence-electron chi connectivity index (χ0n) is 15.6. The van der Waals surface area contributed by atoms with Crippen molar-refractivity contribution in [2.75, 3.05) is 12.4 Å². The number of phenols is 1. The van der Waals surface area contributed by atoms with Gasteiger partial charge in [-0.25, -0.2) is 19.2 Å². The molecule has 4 rings (SSSR count). The number of anilines is 1. The van der Waals surface area contributed by atoms with E-state index in [0.29, 0.717) is 11.3 Å². The van der Waals surface area contributed by atoms with E-state index in [9.17, 15) is 19.1 Å². The Bertz CT molecular complexity index is 1310. The molecule has 10 heteroatoms. The molecule has 9 nitrogen and oxygen atoms in total. The summed E-state index contributed by atoms with van der Waals surface area (Å²) in [5.74, 6) is 0.0917. The lowest BCUT2D eigenvalue weighted by atomic mass is 10.2. The van der Waals surface area contributed by atoms with Crippen molar-refractivity contribution in [1.29, 1.82) is 0 Å². The SMILES string of the molecule is COc1ccc(F)c(Cn2c(=O)[nH]c3c(N[C]=O)nc(-c4cccc(O)c4)nc32)c1. The number of benzene rings is 2. The maximum Gasteiger partial charge on any atom is 0.328 e. The monoisotopic (exact) mass is 408 g/mol. The van der Waals surface area contributed by atoms with Gasteiger partial charge in [0.2, 0.25) is 0 Å². The Morgan fingerprint density at radius 3 is 2.83 bits per heavy atom. The molecular weight excluding hydrogens is 393 g/mol. The van der Waals surface area contributed by atoms with Crippen LogP contribution in [0.15, 0.2) is 47.3 Å². The van der Waals surface area contributed by atoms with Gasteiger partial charge in [0.05, 0.1) is 13.7 Å². The van der Waals surface area contributed by atoms with Crippen LogP contribution in [0.1, 0.15) is 5.56 Å². The number of rotatable bonds is 6. The van der Waals surface area contributed by atoms with Crippen LogP contribution in [0, 0.1) is 5.82 Å². The number of hydrogen-bond donors (Lipinski definition) is 3. The number of carbonyl (C=O) groups excluding carboxylic acids is 1. The third kappa shape index (κ3) is 3.46. The Balaban J connectivity index is 1.91. The first-order valence-electron chi connectivity index (χ1n) is 8.75. The van der Waals surface area contributed by atoms with E-state index in [1.807, 2.05) is 0 Å². The number of fused-ring (bicyclic) bond motifs is 1. The minimum Gasteiger partial charge on any atom is -0.508 e. The summed E-state index contributed by atoms with van der Waals surface area (Å²) in [6, 6.07) is 10.4. The predicted molar refractivity (Wildman–Crippen MR) is 107 cm³/mol. The molecule has 0 atom stereocenters. The number of hydrogen-bond acceptors (Lipinski definition) is 6. The second-order valence-corrected chi connectivity index (χ2v) is 6.35. The van der Waals surface area contributed by atoms with E-state index in [0.717, 1.165) is 0 Å². The van der Waals surface area contributed by atoms with Crippen molar-refractivity contribution < 1.29 is 19.0 Å². The Morgan fingerprint density at radius 1 is 1.27 bits per heavy atom. The van der Waals surface area contributed by atoms with Crippen molar-refractivity contribution in [3.63, 3.8) is 0 Å². The Hall–Kier alpha value is -4.21. The topological polar surface area (TPSA) is 122 Å². The van der Waals surface area contributed by atoms with Crippen LogP contribution < -0.4 is 15.7 Å². The average molecular weight is 408 g/mol. The fourth-order valence-corrected chi connectivity index (χ4v) is 3.06. The highest BCUT2D eigenvalue weighted by Crippen LogP contribution is 2.26. The van der Waals surface area contributed by atoms with E-state index >= 15 is 0 Å². The molecule has 0 bridgehead atoms. The average Bonchev–Trinajstić information content (AvgIpc) is 3.05. The van der Waals surface area contributed by atoms with Crippen LogP contribution in [0.5, 0.6) is 11.5 Å². The van der Waals surface area contributed by atoms with Gasteiger partial charge in [0, 0.05) is 11.1 Å². The zero-order valence-corrected chi connectivity index (χ0v) is 15.6. The van der Waals surface area contributed by atoms with Gasteiger partial charge in [-0.2, -0.15) is 0 Å². The second kappa shape index (κ2) is 7.66. The third-order valence-electron chi connectivity index (χ3n) is 4.48. The predicted octanol–water partition coefficient (Wildman–Crippen LogP) is 2.17. The van der Waals surface area contributed by atoms with Crippen molar-refractivity contribution in [3.8, 4) is 22.9 Å². The van der Waals surface area contributed by atoms with Gasteiger partial charge < -0.3 is 20.1 Å². The summed E-state index contributed by atoms with van der Waals surface area (Å²) in [6.45, 7) is -0.136. The molecular formula is C20H15FN5O4. The molecule has 151 valence electrons. The Labute approximate surface area is 168 Å². The van der Waals surface area contributed by atoms with E-state index in [-0.39, 0.29) is 40.7 Å². The lowest BCUT2D eigenvalue weighted by Crippen LogP contribution is -2.18. The summed E-state index contributed by atoms with van der Waals surface area (Å²) in [5.41, 5.74) is 0.414. The smallest absolute Gasteiger partial charge is 0.328 e. The molecule has 0 aliphatic rings. The number of aromatic amines is 1. The largest absolute Gasteiger partial charge is 0.508 e. The zero-order chi connectivity index (χ0) is 21.3. The first-order chi connectivity index (χ1) is 14.5. The van der Waals surface area contributed by atoms with Gasteiger partial charge in [0.15, 0.2) is 17.3 Å². The fraction of sp³-hybridized carbons (Fsp3) is 0.100. The molecule has 0 unspecified atom stereocenters. The molecule has 3 N–H and O–H groups in total. The highest BCUT2D eigenvalue weighted by atomic mass is 19.1. The lowest BCUT2D eigenvalue weighted by Gasteiger charge is -2.09. The second-order valence-electron chi connectivity index (χ2n) is 6.35. The quantitative estimate of drug-likeness (QED) is 0.420. The highest BCUT2D eigenvalue weighted by Gasteiger charge is 2.18. The number of aromatic nitrogens is 4. The van der Waals surface area contributed by atoms with Crippen molar-refractivity contribution in [2.24, 2.45) is 0 Å². The number of amides is 1. The van der Waals surface area contributed by atoms with E-state index in [4.69, 9.17) is 4.74 Å². The molecule has 30 heavy (non-hydrogen) atoms. The normalized spacial score (nSPS) is 10.9. The summed E-state index contributed by atoms with van der Waals surface area (Å²) in [5, 5.41) is 12.1. The molecule has 1 amide bonds. The van der Waals surface area contributed by atoms with E-state index in [2.05, 4.69) is 20.3 Å². The molecule has 0 saturated carbocycles. The van der Waals surface area contributed by atoms with Crippen molar-refractivity contribution in [3.05, 3.63) is 64.3 Å². The van der Waals surface area contributed by atoms with Crippen molar-refractivity contribution in [2.45, 2.75) is 6.54 Å². The van der Waals surface area contributed by atoms with E-state index in [1.165, 1.54) is 48.4 Å².